The summed E-state index contributed by atoms with van der Waals surface area (Å²) in [6, 6.07) is 13.1. The number of hydrogen-bond donors (Lipinski definition) is 2. The van der Waals surface area contributed by atoms with Gasteiger partial charge in [-0.15, -0.1) is 0 Å². The van der Waals surface area contributed by atoms with E-state index in [1.165, 1.54) is 58.1 Å². The molecule has 0 saturated carbocycles. The number of aryl methyl sites for hydroxylation is 4. The van der Waals surface area contributed by atoms with E-state index in [1.54, 1.807) is 0 Å². The van der Waals surface area contributed by atoms with Crippen molar-refractivity contribution in [3.8, 4) is 0 Å². The maximum atomic E-state index is 10.7. The summed E-state index contributed by atoms with van der Waals surface area (Å²) in [6.45, 7) is 7.61. The third-order valence-corrected chi connectivity index (χ3v) is 5.97. The Morgan fingerprint density at radius 3 is 2.63 bits per heavy atom. The van der Waals surface area contributed by atoms with Gasteiger partial charge in [-0.3, -0.25) is 0 Å². The molecule has 0 saturated heterocycles. The molecule has 2 N–H and O–H groups in total. The zero-order valence-corrected chi connectivity index (χ0v) is 16.7. The molecule has 0 amide bonds. The normalized spacial score (nSPS) is 15.0. The molecule has 0 radical (unpaired) electrons. The second-order valence-corrected chi connectivity index (χ2v) is 8.10. The van der Waals surface area contributed by atoms with Crippen LogP contribution in [0.5, 0.6) is 0 Å². The lowest BCUT2D eigenvalue weighted by Crippen LogP contribution is -2.26. The first-order valence-electron chi connectivity index (χ1n) is 10.1. The number of rotatable bonds is 5. The summed E-state index contributed by atoms with van der Waals surface area (Å²) >= 11 is 0. The van der Waals surface area contributed by atoms with Gasteiger partial charge in [-0.1, -0.05) is 17.7 Å². The van der Waals surface area contributed by atoms with Gasteiger partial charge in [-0.25, -0.2) is 0 Å². The van der Waals surface area contributed by atoms with E-state index in [9.17, 15) is 5.11 Å². The maximum Gasteiger partial charge on any atom is 0.0891 e. The van der Waals surface area contributed by atoms with Crippen molar-refractivity contribution >= 4 is 16.6 Å². The molecule has 4 rings (SSSR count). The number of anilines is 1. The maximum absolute atomic E-state index is 10.7. The van der Waals surface area contributed by atoms with Gasteiger partial charge in [-0.05, 0) is 87.4 Å². The van der Waals surface area contributed by atoms with Crippen LogP contribution in [-0.4, -0.2) is 22.3 Å². The van der Waals surface area contributed by atoms with Crippen LogP contribution in [0.4, 0.5) is 5.69 Å². The minimum absolute atomic E-state index is 0.422. The average Bonchev–Trinajstić information content (AvgIpc) is 2.96. The molecule has 2 aromatic carbocycles. The fraction of sp³-hybridized carbons (Fsp3) is 0.417. The van der Waals surface area contributed by atoms with E-state index in [0.717, 1.165) is 12.1 Å². The molecule has 0 aliphatic heterocycles. The number of fused-ring (bicyclic) bond motifs is 3. The van der Waals surface area contributed by atoms with Gasteiger partial charge in [0.25, 0.3) is 0 Å². The molecule has 1 atom stereocenters. The molecule has 27 heavy (non-hydrogen) atoms. The predicted octanol–water partition coefficient (Wildman–Crippen LogP) is 4.92. The van der Waals surface area contributed by atoms with Crippen LogP contribution in [0.2, 0.25) is 0 Å². The molecule has 0 fully saturated rings. The van der Waals surface area contributed by atoms with Crippen LogP contribution in [0.25, 0.3) is 10.9 Å². The van der Waals surface area contributed by atoms with E-state index in [4.69, 9.17) is 0 Å². The second-order valence-electron chi connectivity index (χ2n) is 8.10. The minimum Gasteiger partial charge on any atom is -0.389 e. The number of hydrogen-bond acceptors (Lipinski definition) is 2. The fourth-order valence-electron chi connectivity index (χ4n) is 4.32. The van der Waals surface area contributed by atoms with Gasteiger partial charge in [0.2, 0.25) is 0 Å². The summed E-state index contributed by atoms with van der Waals surface area (Å²) in [5.41, 5.74) is 9.17. The molecular formula is C24H30N2O. The van der Waals surface area contributed by atoms with Crippen molar-refractivity contribution in [2.24, 2.45) is 0 Å². The molecule has 3 nitrogen and oxygen atoms in total. The Labute approximate surface area is 162 Å². The Bertz CT molecular complexity index is 970. The summed E-state index contributed by atoms with van der Waals surface area (Å²) in [5.74, 6) is 0. The van der Waals surface area contributed by atoms with Crippen molar-refractivity contribution < 1.29 is 5.11 Å². The fourth-order valence-corrected chi connectivity index (χ4v) is 4.32. The number of benzene rings is 2. The van der Waals surface area contributed by atoms with Crippen LogP contribution in [0.15, 0.2) is 36.4 Å². The van der Waals surface area contributed by atoms with E-state index >= 15 is 0 Å². The van der Waals surface area contributed by atoms with E-state index in [-0.39, 0.29) is 0 Å². The molecule has 142 valence electrons. The highest BCUT2D eigenvalue weighted by molar-refractivity contribution is 5.86. The third-order valence-electron chi connectivity index (χ3n) is 5.97. The largest absolute Gasteiger partial charge is 0.389 e. The Kier molecular flexibility index (Phi) is 4.96. The van der Waals surface area contributed by atoms with Crippen LogP contribution in [0, 0.1) is 20.8 Å². The highest BCUT2D eigenvalue weighted by Crippen LogP contribution is 2.33. The summed E-state index contributed by atoms with van der Waals surface area (Å²) in [6.07, 6.45) is 4.39. The number of aromatic nitrogens is 1. The third kappa shape index (κ3) is 3.61. The van der Waals surface area contributed by atoms with E-state index in [2.05, 4.69) is 67.1 Å². The molecular weight excluding hydrogens is 332 g/mol. The highest BCUT2D eigenvalue weighted by Gasteiger charge is 2.21. The van der Waals surface area contributed by atoms with Gasteiger partial charge < -0.3 is 15.0 Å². The lowest BCUT2D eigenvalue weighted by molar-refractivity contribution is 0.167. The van der Waals surface area contributed by atoms with Crippen LogP contribution >= 0.6 is 0 Å². The minimum atomic E-state index is -0.422. The molecule has 3 aromatic rings. The number of nitrogens with zero attached hydrogens (tertiary/aromatic N) is 1. The first kappa shape index (κ1) is 18.1. The van der Waals surface area contributed by atoms with Gasteiger partial charge in [0.15, 0.2) is 0 Å². The standard InChI is InChI=1S/C24H30N2O/c1-16-8-11-24-22(12-16)21-6-4-5-7-23(21)26(24)15-20(27)14-25-19-10-9-17(2)18(3)13-19/h8-13,20,25,27H,4-7,14-15H2,1-3H3/t20-/m0/s1. The Balaban J connectivity index is 1.55. The molecule has 0 bridgehead atoms. The smallest absolute Gasteiger partial charge is 0.0891 e. The summed E-state index contributed by atoms with van der Waals surface area (Å²) in [7, 11) is 0. The summed E-state index contributed by atoms with van der Waals surface area (Å²) in [4.78, 5) is 0. The molecule has 0 spiro atoms. The van der Waals surface area contributed by atoms with Crippen molar-refractivity contribution in [2.45, 2.75) is 59.1 Å². The van der Waals surface area contributed by atoms with Gasteiger partial charge >= 0.3 is 0 Å². The van der Waals surface area contributed by atoms with E-state index in [1.807, 2.05) is 0 Å². The molecule has 1 aliphatic rings. The molecule has 1 aliphatic carbocycles. The first-order chi connectivity index (χ1) is 13.0. The first-order valence-corrected chi connectivity index (χ1v) is 10.1. The summed E-state index contributed by atoms with van der Waals surface area (Å²) in [5, 5.41) is 15.5. The van der Waals surface area contributed by atoms with E-state index in [0.29, 0.717) is 13.1 Å². The SMILES string of the molecule is Cc1ccc2c(c1)c1c(n2C[C@@H](O)CNc2ccc(C)c(C)c2)CCCC1. The predicted molar refractivity (Wildman–Crippen MR) is 114 cm³/mol. The number of aliphatic hydroxyl groups excluding tert-OH is 1. The monoisotopic (exact) mass is 362 g/mol. The second kappa shape index (κ2) is 7.40. The molecule has 1 heterocycles. The quantitative estimate of drug-likeness (QED) is 0.676. The van der Waals surface area contributed by atoms with Gasteiger partial charge in [0.1, 0.15) is 0 Å². The zero-order valence-electron chi connectivity index (χ0n) is 16.7. The Morgan fingerprint density at radius 1 is 1.00 bits per heavy atom. The van der Waals surface area contributed by atoms with Crippen LogP contribution < -0.4 is 5.32 Å². The van der Waals surface area contributed by atoms with Gasteiger partial charge in [-0.2, -0.15) is 0 Å². The van der Waals surface area contributed by atoms with Crippen LogP contribution in [0.1, 0.15) is 40.8 Å². The van der Waals surface area contributed by atoms with Crippen molar-refractivity contribution in [1.82, 2.24) is 4.57 Å². The molecule has 1 aromatic heterocycles. The average molecular weight is 363 g/mol. The van der Waals surface area contributed by atoms with Crippen molar-refractivity contribution in [3.63, 3.8) is 0 Å². The van der Waals surface area contributed by atoms with Gasteiger partial charge in [0.05, 0.1) is 12.6 Å². The highest BCUT2D eigenvalue weighted by atomic mass is 16.3. The molecule has 3 heteroatoms. The lowest BCUT2D eigenvalue weighted by atomic mass is 9.95. The Morgan fingerprint density at radius 2 is 1.81 bits per heavy atom. The topological polar surface area (TPSA) is 37.2 Å². The van der Waals surface area contributed by atoms with Crippen molar-refractivity contribution in [2.75, 3.05) is 11.9 Å². The van der Waals surface area contributed by atoms with Crippen molar-refractivity contribution in [1.29, 1.82) is 0 Å². The lowest BCUT2D eigenvalue weighted by Gasteiger charge is -2.19. The van der Waals surface area contributed by atoms with Crippen molar-refractivity contribution in [3.05, 3.63) is 64.3 Å². The van der Waals surface area contributed by atoms with Crippen LogP contribution in [0.3, 0.4) is 0 Å². The molecule has 0 unspecified atom stereocenters. The van der Waals surface area contributed by atoms with Crippen LogP contribution in [-0.2, 0) is 19.4 Å². The number of nitrogens with one attached hydrogen (secondary N) is 1. The number of aliphatic hydroxyl groups is 1. The Hall–Kier alpha value is -2.26. The van der Waals surface area contributed by atoms with Gasteiger partial charge in [0, 0.05) is 28.8 Å². The van der Waals surface area contributed by atoms with E-state index < -0.39 is 6.10 Å². The zero-order chi connectivity index (χ0) is 19.0. The summed E-state index contributed by atoms with van der Waals surface area (Å²) < 4.78 is 2.37.